The van der Waals surface area contributed by atoms with E-state index in [0.29, 0.717) is 11.3 Å². The molecule has 166 valence electrons. The third kappa shape index (κ3) is 8.92. The maximum absolute atomic E-state index is 13.4. The van der Waals surface area contributed by atoms with Crippen molar-refractivity contribution in [3.8, 4) is 0 Å². The molecule has 0 heterocycles. The molecule has 0 saturated heterocycles. The van der Waals surface area contributed by atoms with Crippen molar-refractivity contribution in [3.63, 3.8) is 0 Å². The number of allylic oxidation sites excluding steroid dienone is 4. The highest BCUT2D eigenvalue weighted by atomic mass is 32.2. The average molecular weight is 455 g/mol. The standard InChI is InChI=1S/C27H34O2S2/c1-22(2)12-11-13-23(3)20-27(31(28,29)26-16-9-6-10-17-26)21-24(4)18-19-30-25-14-7-5-8-15-25/h5-10,12,14-18,20,27H,11,13,19,21H2,1-4H3/b23-20-,24-18+. The second-order valence-corrected chi connectivity index (χ2v) is 11.4. The second-order valence-electron chi connectivity index (χ2n) is 8.11. The first kappa shape index (κ1) is 25.2. The first-order valence-electron chi connectivity index (χ1n) is 10.7. The number of hydrogen-bond acceptors (Lipinski definition) is 3. The lowest BCUT2D eigenvalue weighted by atomic mass is 10.1. The third-order valence-electron chi connectivity index (χ3n) is 4.98. The lowest BCUT2D eigenvalue weighted by Crippen LogP contribution is -2.20. The summed E-state index contributed by atoms with van der Waals surface area (Å²) in [5.41, 5.74) is 3.51. The van der Waals surface area contributed by atoms with E-state index in [0.717, 1.165) is 29.7 Å². The molecule has 0 N–H and O–H groups in total. The van der Waals surface area contributed by atoms with E-state index in [1.54, 1.807) is 36.0 Å². The summed E-state index contributed by atoms with van der Waals surface area (Å²) in [6.45, 7) is 8.24. The van der Waals surface area contributed by atoms with Crippen LogP contribution < -0.4 is 0 Å². The smallest absolute Gasteiger partial charge is 0.185 e. The van der Waals surface area contributed by atoms with Gasteiger partial charge in [-0.05, 0) is 71.2 Å². The predicted molar refractivity (Wildman–Crippen MR) is 135 cm³/mol. The fourth-order valence-electron chi connectivity index (χ4n) is 3.23. The van der Waals surface area contributed by atoms with E-state index >= 15 is 0 Å². The van der Waals surface area contributed by atoms with E-state index in [4.69, 9.17) is 0 Å². The average Bonchev–Trinajstić information content (AvgIpc) is 2.74. The van der Waals surface area contributed by atoms with Gasteiger partial charge in [-0.1, -0.05) is 71.3 Å². The Morgan fingerprint density at radius 1 is 0.871 bits per heavy atom. The Morgan fingerprint density at radius 2 is 1.48 bits per heavy atom. The van der Waals surface area contributed by atoms with Crippen LogP contribution in [0.3, 0.4) is 0 Å². The lowest BCUT2D eigenvalue weighted by molar-refractivity contribution is 0.587. The molecule has 0 bridgehead atoms. The van der Waals surface area contributed by atoms with Crippen LogP contribution in [0.25, 0.3) is 0 Å². The summed E-state index contributed by atoms with van der Waals surface area (Å²) in [7, 11) is -3.45. The van der Waals surface area contributed by atoms with Gasteiger partial charge in [0.05, 0.1) is 10.1 Å². The molecule has 2 nitrogen and oxygen atoms in total. The van der Waals surface area contributed by atoms with Gasteiger partial charge >= 0.3 is 0 Å². The molecule has 31 heavy (non-hydrogen) atoms. The van der Waals surface area contributed by atoms with Crippen LogP contribution in [0, 0.1) is 0 Å². The number of thioether (sulfide) groups is 1. The van der Waals surface area contributed by atoms with Crippen molar-refractivity contribution < 1.29 is 8.42 Å². The molecule has 0 spiro atoms. The molecule has 1 atom stereocenters. The maximum atomic E-state index is 13.4. The zero-order valence-electron chi connectivity index (χ0n) is 19.0. The van der Waals surface area contributed by atoms with Crippen LogP contribution in [-0.4, -0.2) is 19.4 Å². The zero-order valence-corrected chi connectivity index (χ0v) is 20.7. The highest BCUT2D eigenvalue weighted by Crippen LogP contribution is 2.25. The van der Waals surface area contributed by atoms with Crippen LogP contribution in [-0.2, 0) is 9.84 Å². The monoisotopic (exact) mass is 454 g/mol. The molecular weight excluding hydrogens is 420 g/mol. The molecule has 0 saturated carbocycles. The Labute approximate surface area is 193 Å². The highest BCUT2D eigenvalue weighted by molar-refractivity contribution is 7.99. The molecule has 0 aliphatic rings. The molecule has 0 radical (unpaired) electrons. The van der Waals surface area contributed by atoms with Crippen molar-refractivity contribution in [2.75, 3.05) is 5.75 Å². The molecule has 0 aliphatic heterocycles. The van der Waals surface area contributed by atoms with E-state index in [1.807, 2.05) is 44.2 Å². The van der Waals surface area contributed by atoms with Crippen LogP contribution in [0.15, 0.2) is 105 Å². The topological polar surface area (TPSA) is 34.1 Å². The van der Waals surface area contributed by atoms with Crippen molar-refractivity contribution in [2.24, 2.45) is 0 Å². The van der Waals surface area contributed by atoms with Crippen molar-refractivity contribution in [2.45, 2.75) is 62.0 Å². The van der Waals surface area contributed by atoms with E-state index in [2.05, 4.69) is 38.1 Å². The van der Waals surface area contributed by atoms with Crippen LogP contribution in [0.2, 0.25) is 0 Å². The molecule has 0 amide bonds. The van der Waals surface area contributed by atoms with E-state index in [1.165, 1.54) is 10.5 Å². The van der Waals surface area contributed by atoms with Gasteiger partial charge in [0.2, 0.25) is 0 Å². The highest BCUT2D eigenvalue weighted by Gasteiger charge is 2.25. The lowest BCUT2D eigenvalue weighted by Gasteiger charge is -2.16. The Morgan fingerprint density at radius 3 is 2.10 bits per heavy atom. The largest absolute Gasteiger partial charge is 0.223 e. The number of rotatable bonds is 11. The van der Waals surface area contributed by atoms with Crippen molar-refractivity contribution in [3.05, 3.63) is 95.6 Å². The van der Waals surface area contributed by atoms with Crippen LogP contribution in [0.1, 0.15) is 47.0 Å². The molecule has 4 heteroatoms. The minimum Gasteiger partial charge on any atom is -0.223 e. The zero-order chi connectivity index (χ0) is 22.7. The van der Waals surface area contributed by atoms with Crippen molar-refractivity contribution in [1.82, 2.24) is 0 Å². The van der Waals surface area contributed by atoms with Gasteiger partial charge < -0.3 is 0 Å². The van der Waals surface area contributed by atoms with Crippen molar-refractivity contribution in [1.29, 1.82) is 0 Å². The van der Waals surface area contributed by atoms with E-state index in [-0.39, 0.29) is 0 Å². The Hall–Kier alpha value is -2.04. The van der Waals surface area contributed by atoms with Gasteiger partial charge in [0.1, 0.15) is 0 Å². The molecule has 0 aliphatic carbocycles. The Bertz CT molecular complexity index is 998. The summed E-state index contributed by atoms with van der Waals surface area (Å²) in [6, 6.07) is 19.1. The van der Waals surface area contributed by atoms with E-state index in [9.17, 15) is 8.42 Å². The van der Waals surface area contributed by atoms with Gasteiger partial charge in [-0.3, -0.25) is 0 Å². The van der Waals surface area contributed by atoms with Crippen LogP contribution >= 0.6 is 11.8 Å². The van der Waals surface area contributed by atoms with Gasteiger partial charge in [-0.2, -0.15) is 0 Å². The third-order valence-corrected chi connectivity index (χ3v) is 7.95. The summed E-state index contributed by atoms with van der Waals surface area (Å²) < 4.78 is 26.8. The fourth-order valence-corrected chi connectivity index (χ4v) is 5.92. The van der Waals surface area contributed by atoms with Gasteiger partial charge in [-0.15, -0.1) is 11.8 Å². The Kier molecular flexibility index (Phi) is 10.4. The maximum Gasteiger partial charge on any atom is 0.185 e. The minimum absolute atomic E-state index is 0.389. The summed E-state index contributed by atoms with van der Waals surface area (Å²) in [5.74, 6) is 0.831. The first-order chi connectivity index (χ1) is 14.8. The Balaban J connectivity index is 2.18. The number of benzene rings is 2. The molecule has 2 rings (SSSR count). The molecule has 2 aromatic rings. The van der Waals surface area contributed by atoms with Gasteiger partial charge in [0.25, 0.3) is 0 Å². The van der Waals surface area contributed by atoms with Gasteiger partial charge in [-0.25, -0.2) is 8.42 Å². The SMILES string of the molecule is CC(C)=CCC/C(C)=C\C(C/C(C)=C/CSc1ccccc1)S(=O)(=O)c1ccccc1. The number of sulfone groups is 1. The molecule has 1 unspecified atom stereocenters. The van der Waals surface area contributed by atoms with E-state index < -0.39 is 15.1 Å². The quantitative estimate of drug-likeness (QED) is 0.258. The van der Waals surface area contributed by atoms with Crippen molar-refractivity contribution >= 4 is 21.6 Å². The summed E-state index contributed by atoms with van der Waals surface area (Å²) >= 11 is 1.76. The van der Waals surface area contributed by atoms with Crippen LogP contribution in [0.4, 0.5) is 0 Å². The molecular formula is C27H34O2S2. The summed E-state index contributed by atoms with van der Waals surface area (Å²) in [6.07, 6.45) is 8.63. The summed E-state index contributed by atoms with van der Waals surface area (Å²) in [5, 5.41) is -0.556. The minimum atomic E-state index is -3.45. The second kappa shape index (κ2) is 12.7. The fraction of sp³-hybridized carbons (Fsp3) is 0.333. The molecule has 2 aromatic carbocycles. The van der Waals surface area contributed by atoms with Gasteiger partial charge in [0.15, 0.2) is 9.84 Å². The molecule has 0 fully saturated rings. The predicted octanol–water partition coefficient (Wildman–Crippen LogP) is 7.65. The first-order valence-corrected chi connectivity index (χ1v) is 13.3. The summed E-state index contributed by atoms with van der Waals surface area (Å²) in [4.78, 5) is 1.61. The molecule has 0 aromatic heterocycles. The normalized spacial score (nSPS) is 13.7. The van der Waals surface area contributed by atoms with Crippen LogP contribution in [0.5, 0.6) is 0 Å². The number of hydrogen-bond donors (Lipinski definition) is 0. The van der Waals surface area contributed by atoms with Gasteiger partial charge in [0, 0.05) is 10.6 Å².